The van der Waals surface area contributed by atoms with Gasteiger partial charge in [0.15, 0.2) is 12.2 Å². The molecule has 17 nitrogen and oxygen atoms in total. The molecule has 0 heterocycles. The van der Waals surface area contributed by atoms with Crippen LogP contribution in [0.1, 0.15) is 362 Å². The minimum atomic E-state index is -4.95. The third-order valence-electron chi connectivity index (χ3n) is 16.6. The van der Waals surface area contributed by atoms with Crippen LogP contribution in [0.4, 0.5) is 0 Å². The second-order valence-electron chi connectivity index (χ2n) is 25.5. The van der Waals surface area contributed by atoms with Gasteiger partial charge < -0.3 is 33.8 Å². The number of hydrogen-bond donors (Lipinski definition) is 3. The number of hydrogen-bond acceptors (Lipinski definition) is 15. The second kappa shape index (κ2) is 63.5. The molecule has 0 fully saturated rings. The third kappa shape index (κ3) is 63.2. The molecule has 0 aliphatic rings. The largest absolute Gasteiger partial charge is 0.472 e. The molecule has 0 aromatic heterocycles. The molecular weight excluding hydrogens is 1170 g/mol. The highest BCUT2D eigenvalue weighted by Gasteiger charge is 2.30. The maximum atomic E-state index is 13.0. The Bertz CT molecular complexity index is 1720. The van der Waals surface area contributed by atoms with Crippen molar-refractivity contribution in [3.63, 3.8) is 0 Å². The zero-order valence-electron chi connectivity index (χ0n) is 57.6. The lowest BCUT2D eigenvalue weighted by Crippen LogP contribution is -2.30. The monoisotopic (exact) mass is 1310 g/mol. The van der Waals surface area contributed by atoms with E-state index in [4.69, 9.17) is 37.0 Å². The Morgan fingerprint density at radius 1 is 0.315 bits per heavy atom. The van der Waals surface area contributed by atoms with E-state index in [0.29, 0.717) is 25.7 Å². The topological polar surface area (TPSA) is 237 Å². The average molecular weight is 1310 g/mol. The Labute approximate surface area is 543 Å². The Kier molecular flexibility index (Phi) is 62.1. The van der Waals surface area contributed by atoms with Crippen molar-refractivity contribution in [1.29, 1.82) is 0 Å². The number of ether oxygens (including phenoxy) is 4. The minimum absolute atomic E-state index is 0.107. The van der Waals surface area contributed by atoms with E-state index in [-0.39, 0.29) is 25.7 Å². The Hall–Kier alpha value is -1.94. The number of carbonyl (C=O) groups is 4. The molecule has 0 bridgehead atoms. The van der Waals surface area contributed by atoms with Crippen LogP contribution in [0.2, 0.25) is 0 Å². The van der Waals surface area contributed by atoms with Crippen LogP contribution in [0.3, 0.4) is 0 Å². The lowest BCUT2D eigenvalue weighted by atomic mass is 9.99. The molecule has 0 rings (SSSR count). The van der Waals surface area contributed by atoms with Gasteiger partial charge in [-0.05, 0) is 31.6 Å². The number of unbranched alkanes of at least 4 members (excludes halogenated alkanes) is 41. The molecule has 0 radical (unpaired) electrons. The summed E-state index contributed by atoms with van der Waals surface area (Å²) in [7, 11) is -9.89. The van der Waals surface area contributed by atoms with E-state index in [0.717, 1.165) is 102 Å². The highest BCUT2D eigenvalue weighted by molar-refractivity contribution is 7.47. The standard InChI is InChI=1S/C70H136O17P2/c1-6-10-13-16-18-20-22-24-25-26-27-28-29-31-37-41-46-51-56-70(75)87-66(60-81-68(73)54-49-44-39-35-33-32-34-38-43-47-52-63(5)9-4)62-85-89(78,79)83-58-64(71)57-82-88(76,77)84-61-65(59-80-67(72)53-48-42-15-12-8-3)86-69(74)55-50-45-40-36-30-23-21-19-17-14-11-7-2/h63-66,71H,6-62H2,1-5H3,(H,76,77)(H,78,79)/t63?,64-,65+,66+/m0/s1. The first-order valence-corrected chi connectivity index (χ1v) is 39.7. The van der Waals surface area contributed by atoms with Gasteiger partial charge in [-0.25, -0.2) is 9.13 Å². The summed E-state index contributed by atoms with van der Waals surface area (Å²) in [5.74, 6) is -1.32. The molecule has 0 aromatic rings. The lowest BCUT2D eigenvalue weighted by Gasteiger charge is -2.21. The zero-order chi connectivity index (χ0) is 65.6. The summed E-state index contributed by atoms with van der Waals surface area (Å²) in [6.45, 7) is 7.19. The number of carbonyl (C=O) groups excluding carboxylic acids is 4. The summed E-state index contributed by atoms with van der Waals surface area (Å²) >= 11 is 0. The van der Waals surface area contributed by atoms with Gasteiger partial charge in [0, 0.05) is 25.7 Å². The predicted molar refractivity (Wildman–Crippen MR) is 358 cm³/mol. The molecule has 19 heteroatoms. The van der Waals surface area contributed by atoms with Crippen LogP contribution in [0.25, 0.3) is 0 Å². The molecule has 528 valence electrons. The summed E-state index contributed by atoms with van der Waals surface area (Å²) in [4.78, 5) is 72.3. The van der Waals surface area contributed by atoms with Crippen molar-refractivity contribution in [3.05, 3.63) is 0 Å². The molecule has 3 N–H and O–H groups in total. The zero-order valence-corrected chi connectivity index (χ0v) is 59.4. The van der Waals surface area contributed by atoms with E-state index >= 15 is 0 Å². The number of aliphatic hydroxyl groups excluding tert-OH is 1. The first-order chi connectivity index (χ1) is 43.1. The first-order valence-electron chi connectivity index (χ1n) is 36.7. The maximum absolute atomic E-state index is 13.0. The van der Waals surface area contributed by atoms with E-state index in [1.165, 1.54) is 180 Å². The van der Waals surface area contributed by atoms with Gasteiger partial charge in [0.05, 0.1) is 26.4 Å². The van der Waals surface area contributed by atoms with Crippen LogP contribution in [0.15, 0.2) is 0 Å². The van der Waals surface area contributed by atoms with Gasteiger partial charge in [0.1, 0.15) is 19.3 Å². The number of esters is 4. The fourth-order valence-electron chi connectivity index (χ4n) is 10.6. The molecule has 89 heavy (non-hydrogen) atoms. The van der Waals surface area contributed by atoms with Crippen LogP contribution in [-0.4, -0.2) is 96.7 Å². The summed E-state index contributed by atoms with van der Waals surface area (Å²) in [5, 5.41) is 10.6. The first kappa shape index (κ1) is 87.1. The summed E-state index contributed by atoms with van der Waals surface area (Å²) in [6, 6.07) is 0. The smallest absolute Gasteiger partial charge is 0.462 e. The van der Waals surface area contributed by atoms with Crippen molar-refractivity contribution in [2.24, 2.45) is 5.92 Å². The van der Waals surface area contributed by atoms with Crippen LogP contribution in [0.5, 0.6) is 0 Å². The van der Waals surface area contributed by atoms with Gasteiger partial charge in [-0.3, -0.25) is 37.3 Å². The van der Waals surface area contributed by atoms with Crippen molar-refractivity contribution in [1.82, 2.24) is 0 Å². The molecule has 6 atom stereocenters. The molecule has 0 aromatic carbocycles. The lowest BCUT2D eigenvalue weighted by molar-refractivity contribution is -0.161. The minimum Gasteiger partial charge on any atom is -0.462 e. The fourth-order valence-corrected chi connectivity index (χ4v) is 12.2. The highest BCUT2D eigenvalue weighted by Crippen LogP contribution is 2.45. The third-order valence-corrected chi connectivity index (χ3v) is 18.5. The summed E-state index contributed by atoms with van der Waals surface area (Å²) in [5.41, 5.74) is 0. The molecular formula is C70H136O17P2. The second-order valence-corrected chi connectivity index (χ2v) is 28.4. The van der Waals surface area contributed by atoms with Gasteiger partial charge in [-0.2, -0.15) is 0 Å². The Morgan fingerprint density at radius 2 is 0.539 bits per heavy atom. The van der Waals surface area contributed by atoms with E-state index in [1.807, 2.05) is 0 Å². The van der Waals surface area contributed by atoms with Gasteiger partial charge in [0.25, 0.3) is 0 Å². The van der Waals surface area contributed by atoms with Crippen molar-refractivity contribution in [2.75, 3.05) is 39.6 Å². The van der Waals surface area contributed by atoms with Crippen LogP contribution < -0.4 is 0 Å². The molecule has 3 unspecified atom stereocenters. The van der Waals surface area contributed by atoms with Gasteiger partial charge >= 0.3 is 39.5 Å². The Balaban J connectivity index is 5.15. The quantitative estimate of drug-likeness (QED) is 0.0222. The number of aliphatic hydroxyl groups is 1. The normalized spacial score (nSPS) is 14.4. The summed E-state index contributed by atoms with van der Waals surface area (Å²) in [6.07, 6.45) is 50.2. The van der Waals surface area contributed by atoms with Crippen LogP contribution in [0, 0.1) is 5.92 Å². The van der Waals surface area contributed by atoms with Crippen molar-refractivity contribution in [3.8, 4) is 0 Å². The molecule has 0 saturated heterocycles. The van der Waals surface area contributed by atoms with Crippen molar-refractivity contribution >= 4 is 39.5 Å². The number of phosphoric acid groups is 2. The van der Waals surface area contributed by atoms with E-state index < -0.39 is 97.5 Å². The SMILES string of the molecule is CCCCCCCCCCCCCCCCCCCCC(=O)O[C@H](COC(=O)CCCCCCCCCCCCC(C)CC)COP(=O)(O)OC[C@@H](O)COP(=O)(O)OC[C@@H](COC(=O)CCCCCCC)OC(=O)CCCCCCCCCCCCCC. The van der Waals surface area contributed by atoms with Crippen molar-refractivity contribution < 1.29 is 80.2 Å². The van der Waals surface area contributed by atoms with E-state index in [2.05, 4.69) is 34.6 Å². The summed E-state index contributed by atoms with van der Waals surface area (Å²) < 4.78 is 68.1. The highest BCUT2D eigenvalue weighted by atomic mass is 31.2. The molecule has 0 amide bonds. The van der Waals surface area contributed by atoms with Gasteiger partial charge in [-0.15, -0.1) is 0 Å². The van der Waals surface area contributed by atoms with Gasteiger partial charge in [-0.1, -0.05) is 311 Å². The average Bonchev–Trinajstić information content (AvgIpc) is 3.54. The van der Waals surface area contributed by atoms with Gasteiger partial charge in [0.2, 0.25) is 0 Å². The molecule has 0 aliphatic heterocycles. The number of rotatable bonds is 70. The fraction of sp³-hybridized carbons (Fsp3) is 0.943. The van der Waals surface area contributed by atoms with Crippen LogP contribution >= 0.6 is 15.6 Å². The Morgan fingerprint density at radius 3 is 0.798 bits per heavy atom. The van der Waals surface area contributed by atoms with Crippen LogP contribution in [-0.2, 0) is 65.4 Å². The van der Waals surface area contributed by atoms with E-state index in [1.54, 1.807) is 0 Å². The van der Waals surface area contributed by atoms with Crippen molar-refractivity contribution in [2.45, 2.75) is 380 Å². The predicted octanol–water partition coefficient (Wildman–Crippen LogP) is 20.1. The number of phosphoric ester groups is 2. The molecule has 0 spiro atoms. The maximum Gasteiger partial charge on any atom is 0.472 e. The molecule has 0 saturated carbocycles. The van der Waals surface area contributed by atoms with E-state index in [9.17, 15) is 43.2 Å². The molecule has 0 aliphatic carbocycles.